The third-order valence-electron chi connectivity index (χ3n) is 5.90. The molecule has 6 heteroatoms. The molecule has 144 valence electrons. The van der Waals surface area contributed by atoms with Gasteiger partial charge in [0.25, 0.3) is 0 Å². The molecule has 0 aromatic heterocycles. The fraction of sp³-hybridized carbons (Fsp3) is 0.700. The summed E-state index contributed by atoms with van der Waals surface area (Å²) in [6, 6.07) is 0. The highest BCUT2D eigenvalue weighted by Crippen LogP contribution is 2.43. The molecular formula is C20H28O6. The Kier molecular flexibility index (Phi) is 6.14. The van der Waals surface area contributed by atoms with E-state index < -0.39 is 24.1 Å². The normalized spacial score (nSPS) is 34.5. The minimum Gasteiger partial charge on any atom is -0.486 e. The predicted molar refractivity (Wildman–Crippen MR) is 94.2 cm³/mol. The lowest BCUT2D eigenvalue weighted by molar-refractivity contribution is -0.137. The summed E-state index contributed by atoms with van der Waals surface area (Å²) in [4.78, 5) is 23.2. The summed E-state index contributed by atoms with van der Waals surface area (Å²) in [6.45, 7) is 0. The van der Waals surface area contributed by atoms with Crippen molar-refractivity contribution < 1.29 is 29.6 Å². The van der Waals surface area contributed by atoms with Crippen LogP contribution in [0.1, 0.15) is 51.4 Å². The fourth-order valence-electron chi connectivity index (χ4n) is 4.46. The van der Waals surface area contributed by atoms with Gasteiger partial charge in [-0.25, -0.2) is 0 Å². The number of hydrogen-bond donors (Lipinski definition) is 3. The molecule has 26 heavy (non-hydrogen) atoms. The van der Waals surface area contributed by atoms with Crippen LogP contribution in [0.25, 0.3) is 0 Å². The molecule has 0 bridgehead atoms. The van der Waals surface area contributed by atoms with Crippen molar-refractivity contribution in [3.8, 4) is 0 Å². The van der Waals surface area contributed by atoms with E-state index in [0.717, 1.165) is 25.7 Å². The molecule has 0 amide bonds. The molecule has 1 heterocycles. The number of carbonyl (C=O) groups excluding carboxylic acids is 1. The van der Waals surface area contributed by atoms with E-state index in [-0.39, 0.29) is 30.1 Å². The smallest absolute Gasteiger partial charge is 0.303 e. The number of aliphatic hydroxyl groups excluding tert-OH is 2. The third kappa shape index (κ3) is 4.18. The number of rotatable bonds is 7. The van der Waals surface area contributed by atoms with E-state index >= 15 is 0 Å². The molecule has 1 saturated heterocycles. The molecule has 5 unspecified atom stereocenters. The van der Waals surface area contributed by atoms with Gasteiger partial charge in [0.1, 0.15) is 6.10 Å². The number of Topliss-reactive ketones (excluding diaryl/α,β-unsaturated/α-hetero) is 1. The second-order valence-corrected chi connectivity index (χ2v) is 7.70. The average Bonchev–Trinajstić information content (AvgIpc) is 3.28. The van der Waals surface area contributed by atoms with E-state index in [2.05, 4.69) is 0 Å². The molecule has 0 radical (unpaired) electrons. The van der Waals surface area contributed by atoms with E-state index in [9.17, 15) is 19.8 Å². The molecule has 3 aliphatic rings. The Balaban J connectivity index is 1.61. The highest BCUT2D eigenvalue weighted by Gasteiger charge is 2.52. The molecule has 6 nitrogen and oxygen atoms in total. The Bertz CT molecular complexity index is 589. The van der Waals surface area contributed by atoms with Gasteiger partial charge in [-0.05, 0) is 37.7 Å². The van der Waals surface area contributed by atoms with Crippen LogP contribution in [-0.4, -0.2) is 45.4 Å². The molecule has 0 aromatic rings. The number of fused-ring (bicyclic) bond motifs is 1. The number of ketones is 1. The van der Waals surface area contributed by atoms with Crippen LogP contribution >= 0.6 is 0 Å². The molecule has 0 aromatic carbocycles. The van der Waals surface area contributed by atoms with Crippen molar-refractivity contribution in [2.24, 2.45) is 17.8 Å². The van der Waals surface area contributed by atoms with Gasteiger partial charge in [0.2, 0.25) is 5.78 Å². The number of carboxylic acids is 1. The predicted octanol–water partition coefficient (Wildman–Crippen LogP) is 2.20. The lowest BCUT2D eigenvalue weighted by atomic mass is 9.89. The van der Waals surface area contributed by atoms with Gasteiger partial charge in [-0.1, -0.05) is 25.0 Å². The Morgan fingerprint density at radius 3 is 2.73 bits per heavy atom. The molecule has 3 N–H and O–H groups in total. The van der Waals surface area contributed by atoms with Crippen LogP contribution in [0.15, 0.2) is 24.0 Å². The first-order chi connectivity index (χ1) is 12.5. The Morgan fingerprint density at radius 2 is 2.04 bits per heavy atom. The van der Waals surface area contributed by atoms with Crippen LogP contribution in [-0.2, 0) is 14.3 Å². The minimum atomic E-state index is -0.854. The van der Waals surface area contributed by atoms with E-state index in [1.54, 1.807) is 18.2 Å². The summed E-state index contributed by atoms with van der Waals surface area (Å²) >= 11 is 0. The quantitative estimate of drug-likeness (QED) is 0.363. The van der Waals surface area contributed by atoms with Crippen molar-refractivity contribution in [1.29, 1.82) is 0 Å². The molecular weight excluding hydrogens is 336 g/mol. The summed E-state index contributed by atoms with van der Waals surface area (Å²) < 4.78 is 5.72. The number of carboxylic acid groups (broad SMARTS) is 1. The highest BCUT2D eigenvalue weighted by molar-refractivity contribution is 5.98. The van der Waals surface area contributed by atoms with Crippen LogP contribution in [0.4, 0.5) is 0 Å². The molecule has 3 rings (SSSR count). The standard InChI is InChI=1S/C20H28O6/c21-14(12-5-1-2-6-12)10-9-13-15(22)11-17-19(13)20(25)16(26-17)7-3-4-8-18(23)24/h7,9-10,12-15,17,19,21-22H,1-6,8,11H2,(H,23,24). The maximum atomic E-state index is 12.7. The maximum absolute atomic E-state index is 12.7. The van der Waals surface area contributed by atoms with Gasteiger partial charge in [-0.15, -0.1) is 0 Å². The number of carbonyl (C=O) groups is 2. The minimum absolute atomic E-state index is 0.0635. The van der Waals surface area contributed by atoms with Gasteiger partial charge in [-0.3, -0.25) is 9.59 Å². The molecule has 3 fully saturated rings. The zero-order valence-corrected chi connectivity index (χ0v) is 14.9. The second-order valence-electron chi connectivity index (χ2n) is 7.70. The Labute approximate surface area is 153 Å². The van der Waals surface area contributed by atoms with Crippen molar-refractivity contribution in [3.63, 3.8) is 0 Å². The molecule has 5 atom stereocenters. The summed E-state index contributed by atoms with van der Waals surface area (Å²) in [7, 11) is 0. The van der Waals surface area contributed by atoms with Crippen LogP contribution in [0, 0.1) is 17.8 Å². The van der Waals surface area contributed by atoms with Crippen molar-refractivity contribution in [3.05, 3.63) is 24.0 Å². The average molecular weight is 364 g/mol. The van der Waals surface area contributed by atoms with Gasteiger partial charge in [0, 0.05) is 18.8 Å². The fourth-order valence-corrected chi connectivity index (χ4v) is 4.46. The van der Waals surface area contributed by atoms with Gasteiger partial charge < -0.3 is 20.1 Å². The lowest BCUT2D eigenvalue weighted by Crippen LogP contribution is -2.24. The molecule has 1 aliphatic heterocycles. The summed E-state index contributed by atoms with van der Waals surface area (Å²) in [5.41, 5.74) is 0. The topological polar surface area (TPSA) is 104 Å². The van der Waals surface area contributed by atoms with Gasteiger partial charge in [0.05, 0.1) is 18.1 Å². The summed E-state index contributed by atoms with van der Waals surface area (Å²) in [5, 5.41) is 29.3. The van der Waals surface area contributed by atoms with Crippen molar-refractivity contribution >= 4 is 11.8 Å². The lowest BCUT2D eigenvalue weighted by Gasteiger charge is -2.17. The largest absolute Gasteiger partial charge is 0.486 e. The zero-order valence-electron chi connectivity index (χ0n) is 14.9. The van der Waals surface area contributed by atoms with E-state index in [0.29, 0.717) is 25.0 Å². The first-order valence-corrected chi connectivity index (χ1v) is 9.64. The first-order valence-electron chi connectivity index (χ1n) is 9.64. The second kappa shape index (κ2) is 8.35. The van der Waals surface area contributed by atoms with Crippen LogP contribution in [0.2, 0.25) is 0 Å². The van der Waals surface area contributed by atoms with Crippen molar-refractivity contribution in [1.82, 2.24) is 0 Å². The number of allylic oxidation sites excluding steroid dienone is 2. The van der Waals surface area contributed by atoms with Crippen molar-refractivity contribution in [2.75, 3.05) is 0 Å². The van der Waals surface area contributed by atoms with Crippen LogP contribution in [0.3, 0.4) is 0 Å². The summed E-state index contributed by atoms with van der Waals surface area (Å²) in [6.07, 6.45) is 9.47. The Morgan fingerprint density at radius 1 is 1.31 bits per heavy atom. The monoisotopic (exact) mass is 364 g/mol. The van der Waals surface area contributed by atoms with Crippen LogP contribution in [0.5, 0.6) is 0 Å². The molecule has 0 spiro atoms. The van der Waals surface area contributed by atoms with Gasteiger partial charge in [-0.2, -0.15) is 0 Å². The molecule has 2 saturated carbocycles. The van der Waals surface area contributed by atoms with Crippen molar-refractivity contribution in [2.45, 2.75) is 69.7 Å². The zero-order chi connectivity index (χ0) is 18.7. The number of aliphatic carboxylic acids is 1. The SMILES string of the molecule is O=C(O)CCCC=C1OC2CC(O)C(C=CC(O)C3CCCC3)C2C1=O. The first kappa shape index (κ1) is 19.1. The number of aliphatic hydroxyl groups is 2. The number of hydrogen-bond acceptors (Lipinski definition) is 5. The highest BCUT2D eigenvalue weighted by atomic mass is 16.5. The van der Waals surface area contributed by atoms with E-state index in [1.807, 2.05) is 0 Å². The molecule has 2 aliphatic carbocycles. The van der Waals surface area contributed by atoms with E-state index in [4.69, 9.17) is 9.84 Å². The maximum Gasteiger partial charge on any atom is 0.303 e. The third-order valence-corrected chi connectivity index (χ3v) is 5.90. The van der Waals surface area contributed by atoms with Gasteiger partial charge >= 0.3 is 5.97 Å². The Hall–Kier alpha value is -1.66. The number of ether oxygens (including phenoxy) is 1. The van der Waals surface area contributed by atoms with Gasteiger partial charge in [0.15, 0.2) is 5.76 Å². The van der Waals surface area contributed by atoms with Crippen LogP contribution < -0.4 is 0 Å². The van der Waals surface area contributed by atoms with E-state index in [1.165, 1.54) is 0 Å². The summed E-state index contributed by atoms with van der Waals surface area (Å²) in [5.74, 6) is -1.15. The number of unbranched alkanes of at least 4 members (excludes halogenated alkanes) is 1.